The van der Waals surface area contributed by atoms with Crippen LogP contribution in [0.4, 0.5) is 17.1 Å². The molecule has 8 heteroatoms. The van der Waals surface area contributed by atoms with Crippen LogP contribution >= 0.6 is 0 Å². The number of hydrogen-bond donors (Lipinski definition) is 2. The third-order valence-corrected chi connectivity index (χ3v) is 3.12. The van der Waals surface area contributed by atoms with Crippen LogP contribution in [0.15, 0.2) is 59.7 Å². The predicted molar refractivity (Wildman–Crippen MR) is 92.7 cm³/mol. The number of nitro groups is 1. The summed E-state index contributed by atoms with van der Waals surface area (Å²) in [7, 11) is 1.60. The van der Waals surface area contributed by atoms with Crippen LogP contribution in [0.5, 0.6) is 0 Å². The zero-order chi connectivity index (χ0) is 17.5. The fourth-order valence-corrected chi connectivity index (χ4v) is 1.85. The van der Waals surface area contributed by atoms with E-state index in [0.717, 1.165) is 5.69 Å². The second-order valence-corrected chi connectivity index (χ2v) is 4.95. The van der Waals surface area contributed by atoms with Gasteiger partial charge in [-0.1, -0.05) is 18.2 Å². The number of hydrazine groups is 1. The van der Waals surface area contributed by atoms with E-state index in [2.05, 4.69) is 16.0 Å². The van der Waals surface area contributed by atoms with Crippen molar-refractivity contribution >= 4 is 28.7 Å². The third-order valence-electron chi connectivity index (χ3n) is 3.12. The number of para-hydroxylation sites is 1. The van der Waals surface area contributed by atoms with Gasteiger partial charge in [-0.2, -0.15) is 5.10 Å². The number of amides is 1. The lowest BCUT2D eigenvalue weighted by Gasteiger charge is -2.19. The smallest absolute Gasteiger partial charge is 0.287 e. The van der Waals surface area contributed by atoms with Crippen molar-refractivity contribution < 1.29 is 9.72 Å². The number of hydrazone groups is 1. The standard InChI is InChI=1S/C16H17N5O3/c1-12(16(22)20(2)19-14-6-4-3-5-7-14)17-18-13-8-10-15(11-9-13)21(23)24/h3-11,18-19H,1-2H3/b17-12+. The molecule has 0 saturated heterocycles. The molecule has 0 radical (unpaired) electrons. The van der Waals surface area contributed by atoms with Gasteiger partial charge in [0.15, 0.2) is 0 Å². The molecule has 0 saturated carbocycles. The minimum Gasteiger partial charge on any atom is -0.296 e. The third kappa shape index (κ3) is 4.54. The highest BCUT2D eigenvalue weighted by molar-refractivity contribution is 6.38. The quantitative estimate of drug-likeness (QED) is 0.483. The second kappa shape index (κ2) is 7.73. The van der Waals surface area contributed by atoms with Gasteiger partial charge in [-0.3, -0.25) is 30.8 Å². The van der Waals surface area contributed by atoms with E-state index in [4.69, 9.17) is 0 Å². The average Bonchev–Trinajstić information content (AvgIpc) is 2.60. The molecule has 24 heavy (non-hydrogen) atoms. The number of carbonyl (C=O) groups excluding carboxylic acids is 1. The van der Waals surface area contributed by atoms with Crippen molar-refractivity contribution in [1.82, 2.24) is 5.01 Å². The summed E-state index contributed by atoms with van der Waals surface area (Å²) < 4.78 is 0. The lowest BCUT2D eigenvalue weighted by molar-refractivity contribution is -0.384. The van der Waals surface area contributed by atoms with Gasteiger partial charge in [0, 0.05) is 19.2 Å². The second-order valence-electron chi connectivity index (χ2n) is 4.95. The molecule has 2 rings (SSSR count). The number of anilines is 2. The number of nitro benzene ring substituents is 1. The van der Waals surface area contributed by atoms with Crippen LogP contribution in [0.3, 0.4) is 0 Å². The number of carbonyl (C=O) groups is 1. The van der Waals surface area contributed by atoms with E-state index >= 15 is 0 Å². The Kier molecular flexibility index (Phi) is 5.45. The molecule has 2 aromatic rings. The number of rotatable bonds is 6. The Morgan fingerprint density at radius 1 is 1.08 bits per heavy atom. The maximum Gasteiger partial charge on any atom is 0.287 e. The van der Waals surface area contributed by atoms with Gasteiger partial charge in [-0.25, -0.2) is 0 Å². The molecular formula is C16H17N5O3. The molecule has 124 valence electrons. The highest BCUT2D eigenvalue weighted by atomic mass is 16.6. The van der Waals surface area contributed by atoms with E-state index in [1.807, 2.05) is 30.3 Å². The van der Waals surface area contributed by atoms with Crippen LogP contribution in [0.2, 0.25) is 0 Å². The van der Waals surface area contributed by atoms with Gasteiger partial charge in [0.05, 0.1) is 16.3 Å². The van der Waals surface area contributed by atoms with Gasteiger partial charge in [0.25, 0.3) is 11.6 Å². The first-order valence-electron chi connectivity index (χ1n) is 7.12. The largest absolute Gasteiger partial charge is 0.296 e. The molecule has 0 unspecified atom stereocenters. The summed E-state index contributed by atoms with van der Waals surface area (Å²) in [5, 5.41) is 15.9. The summed E-state index contributed by atoms with van der Waals surface area (Å²) in [5.41, 5.74) is 7.20. The summed E-state index contributed by atoms with van der Waals surface area (Å²) in [6, 6.07) is 15.0. The van der Waals surface area contributed by atoms with E-state index in [-0.39, 0.29) is 17.3 Å². The van der Waals surface area contributed by atoms with Crippen molar-refractivity contribution in [3.8, 4) is 0 Å². The predicted octanol–water partition coefficient (Wildman–Crippen LogP) is 2.87. The number of nitrogens with zero attached hydrogens (tertiary/aromatic N) is 3. The Hall–Kier alpha value is -3.42. The van der Waals surface area contributed by atoms with Gasteiger partial charge in [0.1, 0.15) is 5.71 Å². The Morgan fingerprint density at radius 3 is 2.29 bits per heavy atom. The first-order valence-corrected chi connectivity index (χ1v) is 7.12. The fourth-order valence-electron chi connectivity index (χ4n) is 1.85. The van der Waals surface area contributed by atoms with E-state index in [0.29, 0.717) is 5.69 Å². The number of hydrogen-bond acceptors (Lipinski definition) is 6. The van der Waals surface area contributed by atoms with E-state index in [9.17, 15) is 14.9 Å². The number of benzene rings is 2. The lowest BCUT2D eigenvalue weighted by atomic mass is 10.3. The molecular weight excluding hydrogens is 310 g/mol. The van der Waals surface area contributed by atoms with E-state index in [1.165, 1.54) is 29.3 Å². The summed E-state index contributed by atoms with van der Waals surface area (Å²) in [6.07, 6.45) is 0. The Bertz CT molecular complexity index is 744. The van der Waals surface area contributed by atoms with Crippen molar-refractivity contribution in [2.45, 2.75) is 6.92 Å². The van der Waals surface area contributed by atoms with Gasteiger partial charge in [-0.15, -0.1) is 0 Å². The normalized spacial score (nSPS) is 10.8. The first-order chi connectivity index (χ1) is 11.5. The first kappa shape index (κ1) is 16.9. The number of non-ortho nitro benzene ring substituents is 1. The highest BCUT2D eigenvalue weighted by Crippen LogP contribution is 2.15. The zero-order valence-electron chi connectivity index (χ0n) is 13.3. The van der Waals surface area contributed by atoms with Crippen molar-refractivity contribution in [1.29, 1.82) is 0 Å². The van der Waals surface area contributed by atoms with Gasteiger partial charge < -0.3 is 0 Å². The molecule has 0 fully saturated rings. The summed E-state index contributed by atoms with van der Waals surface area (Å²) in [5.74, 6) is -0.312. The van der Waals surface area contributed by atoms with Gasteiger partial charge in [0.2, 0.25) is 0 Å². The van der Waals surface area contributed by atoms with Crippen LogP contribution in [0.1, 0.15) is 6.92 Å². The minimum absolute atomic E-state index is 0.0101. The fraction of sp³-hybridized carbons (Fsp3) is 0.125. The Balaban J connectivity index is 1.96. The van der Waals surface area contributed by atoms with Crippen LogP contribution < -0.4 is 10.9 Å². The molecule has 0 spiro atoms. The monoisotopic (exact) mass is 327 g/mol. The molecule has 0 heterocycles. The van der Waals surface area contributed by atoms with Crippen molar-refractivity contribution in [3.05, 3.63) is 64.7 Å². The molecule has 0 aliphatic rings. The summed E-state index contributed by atoms with van der Waals surface area (Å²) in [6.45, 7) is 1.57. The molecule has 0 bridgehead atoms. The van der Waals surface area contributed by atoms with Crippen molar-refractivity contribution in [2.75, 3.05) is 17.9 Å². The zero-order valence-corrected chi connectivity index (χ0v) is 13.3. The maximum atomic E-state index is 12.2. The Labute approximate surface area is 138 Å². The topological polar surface area (TPSA) is 99.9 Å². The molecule has 1 amide bonds. The van der Waals surface area contributed by atoms with Gasteiger partial charge >= 0.3 is 0 Å². The van der Waals surface area contributed by atoms with E-state index < -0.39 is 4.92 Å². The molecule has 0 aliphatic heterocycles. The lowest BCUT2D eigenvalue weighted by Crippen LogP contribution is -2.36. The van der Waals surface area contributed by atoms with Crippen molar-refractivity contribution in [3.63, 3.8) is 0 Å². The maximum absolute atomic E-state index is 12.2. The van der Waals surface area contributed by atoms with Crippen LogP contribution in [0, 0.1) is 10.1 Å². The van der Waals surface area contributed by atoms with Gasteiger partial charge in [-0.05, 0) is 31.2 Å². The molecule has 2 N–H and O–H groups in total. The molecule has 8 nitrogen and oxygen atoms in total. The molecule has 2 aromatic carbocycles. The van der Waals surface area contributed by atoms with Crippen molar-refractivity contribution in [2.24, 2.45) is 5.10 Å². The van der Waals surface area contributed by atoms with Crippen LogP contribution in [0.25, 0.3) is 0 Å². The van der Waals surface area contributed by atoms with E-state index in [1.54, 1.807) is 14.0 Å². The number of nitrogens with one attached hydrogen (secondary N) is 2. The van der Waals surface area contributed by atoms with Crippen LogP contribution in [-0.4, -0.2) is 28.6 Å². The summed E-state index contributed by atoms with van der Waals surface area (Å²) >= 11 is 0. The molecule has 0 atom stereocenters. The minimum atomic E-state index is -0.480. The summed E-state index contributed by atoms with van der Waals surface area (Å²) in [4.78, 5) is 22.3. The molecule has 0 aromatic heterocycles. The van der Waals surface area contributed by atoms with Crippen LogP contribution in [-0.2, 0) is 4.79 Å². The molecule has 0 aliphatic carbocycles. The highest BCUT2D eigenvalue weighted by Gasteiger charge is 2.12. The SMILES string of the molecule is C/C(=N\Nc1ccc([N+](=O)[O-])cc1)C(=O)N(C)Nc1ccccc1. The Morgan fingerprint density at radius 2 is 1.71 bits per heavy atom. The average molecular weight is 327 g/mol.